The first kappa shape index (κ1) is 11.6. The number of hydrogen-bond acceptors (Lipinski definition) is 3. The lowest BCUT2D eigenvalue weighted by atomic mass is 10.0. The fourth-order valence-corrected chi connectivity index (χ4v) is 1.15. The van der Waals surface area contributed by atoms with Crippen molar-refractivity contribution in [3.8, 4) is 18.2 Å². The van der Waals surface area contributed by atoms with Gasteiger partial charge in [0, 0.05) is 5.56 Å². The topological polar surface area (TPSA) is 71.4 Å². The lowest BCUT2D eigenvalue weighted by Crippen LogP contribution is -2.06. The lowest BCUT2D eigenvalue weighted by Gasteiger charge is -2.05. The minimum atomic E-state index is -1.61. The Labute approximate surface area is 88.6 Å². The van der Waals surface area contributed by atoms with Gasteiger partial charge in [-0.1, -0.05) is 0 Å². The van der Waals surface area contributed by atoms with E-state index in [-0.39, 0.29) is 0 Å². The maximum absolute atomic E-state index is 13.4. The van der Waals surface area contributed by atoms with Gasteiger partial charge in [-0.15, -0.1) is 0 Å². The van der Waals surface area contributed by atoms with E-state index >= 15 is 0 Å². The number of benzene rings is 1. The summed E-state index contributed by atoms with van der Waals surface area (Å²) in [4.78, 5) is 0. The molecule has 1 aromatic rings. The molecule has 0 aliphatic carbocycles. The highest BCUT2D eigenvalue weighted by Gasteiger charge is 2.24. The summed E-state index contributed by atoms with van der Waals surface area (Å²) in [6.07, 6.45) is -0.713. The fraction of sp³-hybridized carbons (Fsp3) is 0.100. The van der Waals surface area contributed by atoms with Crippen LogP contribution in [0.1, 0.15) is 16.7 Å². The van der Waals surface area contributed by atoms with Crippen molar-refractivity contribution in [2.45, 2.75) is 6.42 Å². The number of halogens is 3. The minimum absolute atomic E-state index is 0.713. The van der Waals surface area contributed by atoms with Gasteiger partial charge in [0.25, 0.3) is 0 Å². The van der Waals surface area contributed by atoms with Gasteiger partial charge in [0.2, 0.25) is 0 Å². The number of hydrogen-bond donors (Lipinski definition) is 0. The first-order chi connectivity index (χ1) is 7.58. The van der Waals surface area contributed by atoms with Gasteiger partial charge < -0.3 is 0 Å². The van der Waals surface area contributed by atoms with Crippen molar-refractivity contribution < 1.29 is 13.2 Å². The zero-order valence-electron chi connectivity index (χ0n) is 7.68. The summed E-state index contributed by atoms with van der Waals surface area (Å²) in [5.41, 5.74) is -2.71. The Morgan fingerprint density at radius 3 is 1.75 bits per heavy atom. The van der Waals surface area contributed by atoms with Crippen molar-refractivity contribution in [3.05, 3.63) is 34.1 Å². The van der Waals surface area contributed by atoms with Crippen LogP contribution in [0.4, 0.5) is 13.2 Å². The summed E-state index contributed by atoms with van der Waals surface area (Å²) in [5.74, 6) is -4.57. The number of nitrogens with zero attached hydrogens (tertiary/aromatic N) is 3. The molecule has 0 N–H and O–H groups in total. The van der Waals surface area contributed by atoms with E-state index < -0.39 is 40.6 Å². The Balaban J connectivity index is 3.74. The highest BCUT2D eigenvalue weighted by atomic mass is 19.2. The summed E-state index contributed by atoms with van der Waals surface area (Å²) in [6, 6.07) is 3.92. The molecule has 0 unspecified atom stereocenters. The molecule has 0 saturated carbocycles. The average molecular weight is 221 g/mol. The lowest BCUT2D eigenvalue weighted by molar-refractivity contribution is 0.480. The monoisotopic (exact) mass is 221 g/mol. The van der Waals surface area contributed by atoms with Crippen molar-refractivity contribution >= 4 is 0 Å². The predicted molar refractivity (Wildman–Crippen MR) is 45.1 cm³/mol. The van der Waals surface area contributed by atoms with E-state index in [9.17, 15) is 13.2 Å². The number of rotatable bonds is 1. The molecule has 0 heterocycles. The molecule has 1 rings (SSSR count). The third-order valence-electron chi connectivity index (χ3n) is 1.89. The van der Waals surface area contributed by atoms with Crippen LogP contribution in [0.15, 0.2) is 0 Å². The maximum atomic E-state index is 13.4. The fourth-order valence-electron chi connectivity index (χ4n) is 1.15. The zero-order chi connectivity index (χ0) is 12.3. The van der Waals surface area contributed by atoms with Crippen LogP contribution in [0.2, 0.25) is 0 Å². The van der Waals surface area contributed by atoms with Crippen LogP contribution in [0, 0.1) is 51.4 Å². The Hall–Kier alpha value is -2.52. The summed E-state index contributed by atoms with van der Waals surface area (Å²) in [7, 11) is 0. The Kier molecular flexibility index (Phi) is 3.13. The quantitative estimate of drug-likeness (QED) is 0.680. The van der Waals surface area contributed by atoms with Crippen LogP contribution in [-0.2, 0) is 6.42 Å². The molecule has 3 nitrogen and oxygen atoms in total. The van der Waals surface area contributed by atoms with E-state index in [1.165, 1.54) is 18.2 Å². The first-order valence-corrected chi connectivity index (χ1v) is 3.94. The van der Waals surface area contributed by atoms with E-state index in [0.29, 0.717) is 0 Å². The molecule has 0 saturated heterocycles. The average Bonchev–Trinajstić information content (AvgIpc) is 2.29. The summed E-state index contributed by atoms with van der Waals surface area (Å²) >= 11 is 0. The molecule has 0 aliphatic heterocycles. The molecule has 0 aromatic heterocycles. The van der Waals surface area contributed by atoms with Gasteiger partial charge in [-0.05, 0) is 0 Å². The third-order valence-corrected chi connectivity index (χ3v) is 1.89. The molecule has 0 spiro atoms. The van der Waals surface area contributed by atoms with E-state index in [1.807, 2.05) is 0 Å². The van der Waals surface area contributed by atoms with Gasteiger partial charge in [-0.3, -0.25) is 0 Å². The van der Waals surface area contributed by atoms with Gasteiger partial charge in [0.05, 0.1) is 12.5 Å². The Morgan fingerprint density at radius 1 is 0.812 bits per heavy atom. The Morgan fingerprint density at radius 2 is 1.31 bits per heavy atom. The second kappa shape index (κ2) is 4.33. The van der Waals surface area contributed by atoms with Crippen LogP contribution in [-0.4, -0.2) is 0 Å². The molecular weight excluding hydrogens is 219 g/mol. The molecule has 78 valence electrons. The molecule has 0 aliphatic rings. The summed E-state index contributed by atoms with van der Waals surface area (Å²) in [5, 5.41) is 25.3. The maximum Gasteiger partial charge on any atom is 0.178 e. The van der Waals surface area contributed by atoms with E-state index in [2.05, 4.69) is 0 Å². The molecule has 0 atom stereocenters. The second-order valence-corrected chi connectivity index (χ2v) is 2.73. The van der Waals surface area contributed by atoms with Gasteiger partial charge in [-0.2, -0.15) is 15.8 Å². The van der Waals surface area contributed by atoms with Gasteiger partial charge in [0.1, 0.15) is 29.1 Å². The van der Waals surface area contributed by atoms with Crippen molar-refractivity contribution in [1.29, 1.82) is 15.8 Å². The van der Waals surface area contributed by atoms with Crippen molar-refractivity contribution in [1.82, 2.24) is 0 Å². The van der Waals surface area contributed by atoms with Crippen LogP contribution < -0.4 is 0 Å². The van der Waals surface area contributed by atoms with Crippen LogP contribution in [0.5, 0.6) is 0 Å². The normalized spacial score (nSPS) is 9.00. The zero-order valence-corrected chi connectivity index (χ0v) is 7.68. The third kappa shape index (κ3) is 1.55. The molecule has 0 amide bonds. The van der Waals surface area contributed by atoms with Gasteiger partial charge in [-0.25, -0.2) is 13.2 Å². The van der Waals surface area contributed by atoms with E-state index in [4.69, 9.17) is 15.8 Å². The molecule has 1 aromatic carbocycles. The number of nitriles is 3. The summed E-state index contributed by atoms with van der Waals surface area (Å²) < 4.78 is 39.8. The highest BCUT2D eigenvalue weighted by Crippen LogP contribution is 2.24. The van der Waals surface area contributed by atoms with Gasteiger partial charge in [0.15, 0.2) is 11.6 Å². The SMILES string of the molecule is N#CCc1c(F)c(F)c(C#N)c(C#N)c1F. The Bertz CT molecular complexity index is 573. The molecule has 0 fully saturated rings. The van der Waals surface area contributed by atoms with Crippen LogP contribution in [0.25, 0.3) is 0 Å². The van der Waals surface area contributed by atoms with E-state index in [0.717, 1.165) is 0 Å². The molecule has 0 radical (unpaired) electrons. The summed E-state index contributed by atoms with van der Waals surface area (Å²) in [6.45, 7) is 0. The van der Waals surface area contributed by atoms with Crippen molar-refractivity contribution in [2.75, 3.05) is 0 Å². The first-order valence-electron chi connectivity index (χ1n) is 3.94. The largest absolute Gasteiger partial charge is 0.205 e. The molecule has 0 bridgehead atoms. The van der Waals surface area contributed by atoms with Crippen LogP contribution >= 0.6 is 0 Å². The molecule has 16 heavy (non-hydrogen) atoms. The molecule has 6 heteroatoms. The minimum Gasteiger partial charge on any atom is -0.205 e. The van der Waals surface area contributed by atoms with Crippen molar-refractivity contribution in [3.63, 3.8) is 0 Å². The standard InChI is InChI=1S/C10H2F3N3/c11-8-5(1-2-14)9(12)10(13)7(4-16)6(8)3-15/h1H2. The predicted octanol–water partition coefficient (Wildman–Crippen LogP) is 1.91. The second-order valence-electron chi connectivity index (χ2n) is 2.73. The van der Waals surface area contributed by atoms with Gasteiger partial charge >= 0.3 is 0 Å². The van der Waals surface area contributed by atoms with Crippen LogP contribution in [0.3, 0.4) is 0 Å². The van der Waals surface area contributed by atoms with Crippen molar-refractivity contribution in [2.24, 2.45) is 0 Å². The smallest absolute Gasteiger partial charge is 0.178 e. The highest BCUT2D eigenvalue weighted by molar-refractivity contribution is 5.50. The van der Waals surface area contributed by atoms with E-state index in [1.54, 1.807) is 0 Å². The molecular formula is C10H2F3N3.